The predicted octanol–water partition coefficient (Wildman–Crippen LogP) is 3.04. The summed E-state index contributed by atoms with van der Waals surface area (Å²) in [5, 5.41) is 0. The van der Waals surface area contributed by atoms with Gasteiger partial charge in [-0.05, 0) is 11.1 Å². The molecular formula is C19H21NO4. The van der Waals surface area contributed by atoms with E-state index in [1.54, 1.807) is 0 Å². The second-order valence-electron chi connectivity index (χ2n) is 5.31. The molecule has 0 bridgehead atoms. The largest absolute Gasteiger partial charge is 0.467 e. The van der Waals surface area contributed by atoms with E-state index >= 15 is 0 Å². The topological polar surface area (TPSA) is 55.8 Å². The minimum Gasteiger partial charge on any atom is -0.467 e. The molecule has 0 heterocycles. The van der Waals surface area contributed by atoms with Crippen LogP contribution in [0.25, 0.3) is 0 Å². The van der Waals surface area contributed by atoms with Crippen molar-refractivity contribution in [2.24, 2.45) is 0 Å². The number of ether oxygens (including phenoxy) is 2. The third-order valence-electron chi connectivity index (χ3n) is 3.73. The quantitative estimate of drug-likeness (QED) is 0.765. The molecule has 24 heavy (non-hydrogen) atoms. The molecule has 0 fully saturated rings. The fourth-order valence-corrected chi connectivity index (χ4v) is 2.49. The van der Waals surface area contributed by atoms with Gasteiger partial charge in [-0.15, -0.1) is 0 Å². The molecule has 1 amide bonds. The number of benzene rings is 2. The third-order valence-corrected chi connectivity index (χ3v) is 3.73. The summed E-state index contributed by atoms with van der Waals surface area (Å²) in [7, 11) is 2.62. The number of carbonyl (C=O) groups excluding carboxylic acids is 2. The summed E-state index contributed by atoms with van der Waals surface area (Å²) >= 11 is 0. The van der Waals surface area contributed by atoms with Gasteiger partial charge in [0.1, 0.15) is 6.04 Å². The lowest BCUT2D eigenvalue weighted by atomic mass is 10.0. The first-order chi connectivity index (χ1) is 11.7. The van der Waals surface area contributed by atoms with Gasteiger partial charge in [-0.1, -0.05) is 60.7 Å². The molecule has 126 valence electrons. The number of esters is 1. The van der Waals surface area contributed by atoms with Crippen molar-refractivity contribution in [1.82, 2.24) is 4.90 Å². The molecule has 0 saturated heterocycles. The molecule has 0 N–H and O–H groups in total. The Morgan fingerprint density at radius 3 is 1.92 bits per heavy atom. The van der Waals surface area contributed by atoms with E-state index in [1.165, 1.54) is 19.1 Å². The van der Waals surface area contributed by atoms with Crippen molar-refractivity contribution >= 4 is 12.1 Å². The third kappa shape index (κ3) is 4.59. The number of hydrogen-bond acceptors (Lipinski definition) is 4. The molecule has 0 aliphatic rings. The van der Waals surface area contributed by atoms with Crippen LogP contribution in [0.5, 0.6) is 0 Å². The zero-order valence-corrected chi connectivity index (χ0v) is 13.8. The van der Waals surface area contributed by atoms with E-state index in [1.807, 2.05) is 60.7 Å². The van der Waals surface area contributed by atoms with Crippen LogP contribution in [-0.2, 0) is 27.2 Å². The van der Waals surface area contributed by atoms with E-state index in [2.05, 4.69) is 0 Å². The van der Waals surface area contributed by atoms with Crippen molar-refractivity contribution < 1.29 is 19.1 Å². The van der Waals surface area contributed by atoms with Gasteiger partial charge in [0, 0.05) is 13.0 Å². The molecule has 0 aliphatic heterocycles. The standard InChI is InChI=1S/C19H21NO4/c1-23-18(21)17(13-15-9-5-3-6-10-15)20(19(22)24-2)14-16-11-7-4-8-12-16/h3-12,17H,13-14H2,1-2H3/t17-/m0/s1. The highest BCUT2D eigenvalue weighted by molar-refractivity contribution is 5.81. The van der Waals surface area contributed by atoms with E-state index in [-0.39, 0.29) is 6.54 Å². The van der Waals surface area contributed by atoms with Crippen LogP contribution in [0.4, 0.5) is 4.79 Å². The van der Waals surface area contributed by atoms with Gasteiger partial charge in [-0.3, -0.25) is 4.90 Å². The number of nitrogens with zero attached hydrogens (tertiary/aromatic N) is 1. The van der Waals surface area contributed by atoms with Crippen molar-refractivity contribution in [2.75, 3.05) is 14.2 Å². The Morgan fingerprint density at radius 2 is 1.42 bits per heavy atom. The molecule has 2 aromatic rings. The van der Waals surface area contributed by atoms with Gasteiger partial charge in [0.15, 0.2) is 0 Å². The number of hydrogen-bond donors (Lipinski definition) is 0. The molecular weight excluding hydrogens is 306 g/mol. The Balaban J connectivity index is 2.29. The van der Waals surface area contributed by atoms with Gasteiger partial charge in [0.05, 0.1) is 14.2 Å². The zero-order chi connectivity index (χ0) is 17.4. The van der Waals surface area contributed by atoms with Crippen LogP contribution in [0.1, 0.15) is 11.1 Å². The van der Waals surface area contributed by atoms with Crippen molar-refractivity contribution in [3.63, 3.8) is 0 Å². The van der Waals surface area contributed by atoms with E-state index in [0.717, 1.165) is 11.1 Å². The van der Waals surface area contributed by atoms with E-state index in [0.29, 0.717) is 6.42 Å². The Labute approximate surface area is 141 Å². The molecule has 5 heteroatoms. The lowest BCUT2D eigenvalue weighted by Crippen LogP contribution is -2.46. The molecule has 5 nitrogen and oxygen atoms in total. The highest BCUT2D eigenvalue weighted by Crippen LogP contribution is 2.16. The first kappa shape index (κ1) is 17.5. The highest BCUT2D eigenvalue weighted by Gasteiger charge is 2.31. The molecule has 0 aliphatic carbocycles. The molecule has 0 radical (unpaired) electrons. The van der Waals surface area contributed by atoms with Crippen molar-refractivity contribution in [1.29, 1.82) is 0 Å². The second kappa shape index (κ2) is 8.72. The molecule has 2 rings (SSSR count). The molecule has 0 unspecified atom stereocenters. The summed E-state index contributed by atoms with van der Waals surface area (Å²) in [5.74, 6) is -0.472. The van der Waals surface area contributed by atoms with Crippen LogP contribution in [-0.4, -0.2) is 37.2 Å². The van der Waals surface area contributed by atoms with Crippen LogP contribution < -0.4 is 0 Å². The molecule has 0 spiro atoms. The number of rotatable bonds is 6. The van der Waals surface area contributed by atoms with Crippen LogP contribution in [0.15, 0.2) is 60.7 Å². The molecule has 0 saturated carbocycles. The summed E-state index contributed by atoms with van der Waals surface area (Å²) < 4.78 is 9.79. The first-order valence-corrected chi connectivity index (χ1v) is 7.66. The van der Waals surface area contributed by atoms with E-state index in [4.69, 9.17) is 9.47 Å². The lowest BCUT2D eigenvalue weighted by molar-refractivity contribution is -0.146. The number of amides is 1. The van der Waals surface area contributed by atoms with Gasteiger partial charge in [-0.25, -0.2) is 9.59 Å². The van der Waals surface area contributed by atoms with Crippen LogP contribution in [0, 0.1) is 0 Å². The highest BCUT2D eigenvalue weighted by atomic mass is 16.5. The average molecular weight is 327 g/mol. The Morgan fingerprint density at radius 1 is 0.875 bits per heavy atom. The van der Waals surface area contributed by atoms with Crippen molar-refractivity contribution in [2.45, 2.75) is 19.0 Å². The minimum atomic E-state index is -0.759. The van der Waals surface area contributed by atoms with Gasteiger partial charge >= 0.3 is 12.1 Å². The number of methoxy groups -OCH3 is 2. The van der Waals surface area contributed by atoms with Crippen molar-refractivity contribution in [3.05, 3.63) is 71.8 Å². The molecule has 0 aromatic heterocycles. The van der Waals surface area contributed by atoms with Crippen LogP contribution >= 0.6 is 0 Å². The summed E-state index contributed by atoms with van der Waals surface area (Å²) in [6.45, 7) is 0.264. The Hall–Kier alpha value is -2.82. The second-order valence-corrected chi connectivity index (χ2v) is 5.31. The van der Waals surface area contributed by atoms with Gasteiger partial charge in [0.25, 0.3) is 0 Å². The fraction of sp³-hybridized carbons (Fsp3) is 0.263. The van der Waals surface area contributed by atoms with Gasteiger partial charge in [-0.2, -0.15) is 0 Å². The lowest BCUT2D eigenvalue weighted by Gasteiger charge is -2.29. The monoisotopic (exact) mass is 327 g/mol. The average Bonchev–Trinajstić information content (AvgIpc) is 2.65. The predicted molar refractivity (Wildman–Crippen MR) is 90.3 cm³/mol. The van der Waals surface area contributed by atoms with E-state index in [9.17, 15) is 9.59 Å². The summed E-state index contributed by atoms with van der Waals surface area (Å²) in [4.78, 5) is 26.0. The normalized spacial score (nSPS) is 11.4. The van der Waals surface area contributed by atoms with Crippen LogP contribution in [0.3, 0.4) is 0 Å². The molecule has 1 atom stereocenters. The van der Waals surface area contributed by atoms with E-state index < -0.39 is 18.1 Å². The number of carbonyl (C=O) groups is 2. The summed E-state index contributed by atoms with van der Waals surface area (Å²) in [6, 6.07) is 18.2. The van der Waals surface area contributed by atoms with Crippen molar-refractivity contribution in [3.8, 4) is 0 Å². The molecule has 2 aromatic carbocycles. The first-order valence-electron chi connectivity index (χ1n) is 7.66. The summed E-state index contributed by atoms with van der Waals surface area (Å²) in [5.41, 5.74) is 1.85. The fourth-order valence-electron chi connectivity index (χ4n) is 2.49. The maximum atomic E-state index is 12.3. The summed E-state index contributed by atoms with van der Waals surface area (Å²) in [6.07, 6.45) is -0.208. The Bertz CT molecular complexity index is 598. The zero-order valence-electron chi connectivity index (χ0n) is 13.8. The smallest absolute Gasteiger partial charge is 0.410 e. The maximum Gasteiger partial charge on any atom is 0.410 e. The minimum absolute atomic E-state index is 0.264. The van der Waals surface area contributed by atoms with Gasteiger partial charge < -0.3 is 9.47 Å². The Kier molecular flexibility index (Phi) is 6.37. The van der Waals surface area contributed by atoms with Crippen LogP contribution in [0.2, 0.25) is 0 Å². The SMILES string of the molecule is COC(=O)[C@H](Cc1ccccc1)N(Cc1ccccc1)C(=O)OC. The maximum absolute atomic E-state index is 12.3. The van der Waals surface area contributed by atoms with Gasteiger partial charge in [0.2, 0.25) is 0 Å².